The van der Waals surface area contributed by atoms with Crippen LogP contribution in [0.15, 0.2) is 0 Å². The van der Waals surface area contributed by atoms with Crippen molar-refractivity contribution in [2.24, 2.45) is 11.7 Å². The number of rotatable bonds is 5. The number of aryl methyl sites for hydroxylation is 1. The molecule has 0 saturated carbocycles. The van der Waals surface area contributed by atoms with E-state index < -0.39 is 0 Å². The molecule has 1 aliphatic rings. The van der Waals surface area contributed by atoms with Crippen molar-refractivity contribution in [1.29, 1.82) is 0 Å². The largest absolute Gasteiger partial charge is 0.465 e. The highest BCUT2D eigenvalue weighted by molar-refractivity contribution is 7.17. The van der Waals surface area contributed by atoms with Crippen molar-refractivity contribution < 1.29 is 14.3 Å². The summed E-state index contributed by atoms with van der Waals surface area (Å²) in [6, 6.07) is 0. The Bertz CT molecular complexity index is 535. The lowest BCUT2D eigenvalue weighted by Crippen LogP contribution is -2.29. The Morgan fingerprint density at radius 3 is 2.71 bits per heavy atom. The fourth-order valence-electron chi connectivity index (χ4n) is 2.65. The first-order valence-corrected chi connectivity index (χ1v) is 8.17. The van der Waals surface area contributed by atoms with Crippen LogP contribution in [0.3, 0.4) is 0 Å². The predicted octanol–water partition coefficient (Wildman–Crippen LogP) is 2.34. The number of fused-ring (bicyclic) bond motifs is 1. The molecule has 6 heteroatoms. The van der Waals surface area contributed by atoms with Gasteiger partial charge in [-0.1, -0.05) is 6.92 Å². The van der Waals surface area contributed by atoms with Crippen molar-refractivity contribution in [1.82, 2.24) is 0 Å². The van der Waals surface area contributed by atoms with Gasteiger partial charge in [0.2, 0.25) is 5.91 Å². The van der Waals surface area contributed by atoms with Crippen LogP contribution in [-0.4, -0.2) is 25.5 Å². The second-order valence-electron chi connectivity index (χ2n) is 5.24. The molecular weight excluding hydrogens is 288 g/mol. The van der Waals surface area contributed by atoms with Gasteiger partial charge in [0.25, 0.3) is 0 Å². The number of hydrogen-bond acceptors (Lipinski definition) is 5. The van der Waals surface area contributed by atoms with Gasteiger partial charge in [0, 0.05) is 11.4 Å². The molecule has 116 valence electrons. The summed E-state index contributed by atoms with van der Waals surface area (Å²) in [4.78, 5) is 25.5. The lowest BCUT2D eigenvalue weighted by atomic mass is 9.95. The molecule has 0 saturated heterocycles. The van der Waals surface area contributed by atoms with Gasteiger partial charge in [0.1, 0.15) is 5.00 Å². The number of thiophene rings is 1. The van der Waals surface area contributed by atoms with Crippen molar-refractivity contribution in [3.05, 3.63) is 16.0 Å². The fraction of sp³-hybridized carbons (Fsp3) is 0.600. The summed E-state index contributed by atoms with van der Waals surface area (Å²) < 4.78 is 4.89. The average Bonchev–Trinajstić information content (AvgIpc) is 2.85. The maximum absolute atomic E-state index is 12.2. The van der Waals surface area contributed by atoms with Gasteiger partial charge in [-0.2, -0.15) is 0 Å². The Kier molecular flexibility index (Phi) is 5.36. The third kappa shape index (κ3) is 3.27. The van der Waals surface area contributed by atoms with Gasteiger partial charge >= 0.3 is 5.97 Å². The minimum Gasteiger partial charge on any atom is -0.465 e. The molecule has 21 heavy (non-hydrogen) atoms. The van der Waals surface area contributed by atoms with Gasteiger partial charge in [-0.15, -0.1) is 11.3 Å². The molecule has 0 bridgehead atoms. The van der Waals surface area contributed by atoms with Crippen LogP contribution < -0.4 is 11.1 Å². The third-order valence-electron chi connectivity index (χ3n) is 3.95. The first kappa shape index (κ1) is 16.0. The van der Waals surface area contributed by atoms with Gasteiger partial charge in [0.15, 0.2) is 0 Å². The molecule has 1 unspecified atom stereocenters. The SMILES string of the molecule is CCC(CN)C(=O)Nc1sc2c(c1C(=O)OC)CCCC2. The van der Waals surface area contributed by atoms with Crippen LogP contribution in [0.5, 0.6) is 0 Å². The molecule has 0 spiro atoms. The first-order chi connectivity index (χ1) is 10.1. The molecule has 1 aromatic rings. The van der Waals surface area contributed by atoms with Gasteiger partial charge in [0.05, 0.1) is 18.6 Å². The van der Waals surface area contributed by atoms with E-state index in [9.17, 15) is 9.59 Å². The van der Waals surface area contributed by atoms with E-state index in [1.165, 1.54) is 23.3 Å². The second-order valence-corrected chi connectivity index (χ2v) is 6.34. The van der Waals surface area contributed by atoms with E-state index >= 15 is 0 Å². The van der Waals surface area contributed by atoms with E-state index in [-0.39, 0.29) is 17.8 Å². The zero-order valence-corrected chi connectivity index (χ0v) is 13.3. The molecule has 1 aromatic heterocycles. The van der Waals surface area contributed by atoms with E-state index in [1.54, 1.807) is 0 Å². The molecule has 0 fully saturated rings. The van der Waals surface area contributed by atoms with E-state index in [2.05, 4.69) is 5.32 Å². The molecule has 5 nitrogen and oxygen atoms in total. The number of methoxy groups -OCH3 is 1. The number of anilines is 1. The molecule has 0 aromatic carbocycles. The highest BCUT2D eigenvalue weighted by Crippen LogP contribution is 2.38. The topological polar surface area (TPSA) is 81.4 Å². The summed E-state index contributed by atoms with van der Waals surface area (Å²) in [6.45, 7) is 2.23. The summed E-state index contributed by atoms with van der Waals surface area (Å²) in [5.74, 6) is -0.719. The van der Waals surface area contributed by atoms with Crippen molar-refractivity contribution in [2.75, 3.05) is 19.0 Å². The lowest BCUT2D eigenvalue weighted by Gasteiger charge is -2.13. The minimum atomic E-state index is -0.370. The Morgan fingerprint density at radius 2 is 2.10 bits per heavy atom. The normalized spacial score (nSPS) is 15.2. The molecule has 0 radical (unpaired) electrons. The summed E-state index contributed by atoms with van der Waals surface area (Å²) in [7, 11) is 1.37. The lowest BCUT2D eigenvalue weighted by molar-refractivity contribution is -0.119. The number of carbonyl (C=O) groups is 2. The highest BCUT2D eigenvalue weighted by Gasteiger charge is 2.27. The molecule has 1 aliphatic carbocycles. The number of ether oxygens (including phenoxy) is 1. The number of nitrogens with two attached hydrogens (primary N) is 1. The van der Waals surface area contributed by atoms with Crippen molar-refractivity contribution in [3.63, 3.8) is 0 Å². The molecular formula is C15H22N2O3S. The number of carbonyl (C=O) groups excluding carboxylic acids is 2. The monoisotopic (exact) mass is 310 g/mol. The second kappa shape index (κ2) is 7.04. The standard InChI is InChI=1S/C15H22N2O3S/c1-3-9(8-16)13(18)17-14-12(15(19)20-2)10-6-4-5-7-11(10)21-14/h9H,3-8,16H2,1-2H3,(H,17,18). The zero-order chi connectivity index (χ0) is 15.4. The maximum atomic E-state index is 12.2. The van der Waals surface area contributed by atoms with Crippen LogP contribution >= 0.6 is 11.3 Å². The summed E-state index contributed by atoms with van der Waals surface area (Å²) >= 11 is 1.50. The zero-order valence-electron chi connectivity index (χ0n) is 12.5. The smallest absolute Gasteiger partial charge is 0.341 e. The van der Waals surface area contributed by atoms with Gasteiger partial charge in [-0.3, -0.25) is 4.79 Å². The van der Waals surface area contributed by atoms with Crippen LogP contribution in [0.2, 0.25) is 0 Å². The van der Waals surface area contributed by atoms with Crippen LogP contribution in [0, 0.1) is 5.92 Å². The molecule has 1 heterocycles. The molecule has 1 atom stereocenters. The van der Waals surface area contributed by atoms with Gasteiger partial charge < -0.3 is 15.8 Å². The Balaban J connectivity index is 2.32. The Labute approximate surface area is 128 Å². The van der Waals surface area contributed by atoms with E-state index in [0.29, 0.717) is 23.5 Å². The van der Waals surface area contributed by atoms with Crippen LogP contribution in [0.1, 0.15) is 47.0 Å². The average molecular weight is 310 g/mol. The van der Waals surface area contributed by atoms with Crippen LogP contribution in [-0.2, 0) is 22.4 Å². The number of nitrogens with one attached hydrogen (secondary N) is 1. The fourth-order valence-corrected chi connectivity index (χ4v) is 3.93. The molecule has 0 aliphatic heterocycles. The number of amides is 1. The minimum absolute atomic E-state index is 0.122. The summed E-state index contributed by atoms with van der Waals surface area (Å²) in [6.07, 6.45) is 4.72. The summed E-state index contributed by atoms with van der Waals surface area (Å²) in [5.41, 5.74) is 7.20. The van der Waals surface area contributed by atoms with Crippen LogP contribution in [0.4, 0.5) is 5.00 Å². The summed E-state index contributed by atoms with van der Waals surface area (Å²) in [5, 5.41) is 3.50. The highest BCUT2D eigenvalue weighted by atomic mass is 32.1. The van der Waals surface area contributed by atoms with E-state index in [0.717, 1.165) is 31.2 Å². The Hall–Kier alpha value is -1.40. The van der Waals surface area contributed by atoms with Crippen LogP contribution in [0.25, 0.3) is 0 Å². The third-order valence-corrected chi connectivity index (χ3v) is 5.15. The van der Waals surface area contributed by atoms with E-state index in [4.69, 9.17) is 10.5 Å². The van der Waals surface area contributed by atoms with Crippen molar-refractivity contribution >= 4 is 28.2 Å². The Morgan fingerprint density at radius 1 is 1.38 bits per heavy atom. The first-order valence-electron chi connectivity index (χ1n) is 7.36. The molecule has 1 amide bonds. The molecule has 2 rings (SSSR count). The maximum Gasteiger partial charge on any atom is 0.341 e. The van der Waals surface area contributed by atoms with Gasteiger partial charge in [-0.05, 0) is 37.7 Å². The van der Waals surface area contributed by atoms with E-state index in [1.807, 2.05) is 6.92 Å². The predicted molar refractivity (Wildman–Crippen MR) is 83.8 cm³/mol. The van der Waals surface area contributed by atoms with Gasteiger partial charge in [-0.25, -0.2) is 4.79 Å². The number of esters is 1. The molecule has 3 N–H and O–H groups in total. The van der Waals surface area contributed by atoms with Crippen molar-refractivity contribution in [3.8, 4) is 0 Å². The quantitative estimate of drug-likeness (QED) is 0.818. The number of hydrogen-bond donors (Lipinski definition) is 2. The van der Waals surface area contributed by atoms with Crippen molar-refractivity contribution in [2.45, 2.75) is 39.0 Å².